The fourth-order valence-corrected chi connectivity index (χ4v) is 3.33. The number of para-hydroxylation sites is 1. The van der Waals surface area contributed by atoms with Crippen molar-refractivity contribution in [2.45, 2.75) is 33.4 Å². The summed E-state index contributed by atoms with van der Waals surface area (Å²) in [5.74, 6) is -0.344. The summed E-state index contributed by atoms with van der Waals surface area (Å²) >= 11 is 0. The van der Waals surface area contributed by atoms with E-state index in [0.29, 0.717) is 22.6 Å². The number of amides is 1. The van der Waals surface area contributed by atoms with Crippen LogP contribution in [0.1, 0.15) is 20.8 Å². The van der Waals surface area contributed by atoms with Crippen LogP contribution >= 0.6 is 0 Å². The smallest absolute Gasteiger partial charge is 0.329 e. The van der Waals surface area contributed by atoms with E-state index in [9.17, 15) is 14.4 Å². The molecule has 0 aliphatic heterocycles. The lowest BCUT2D eigenvalue weighted by atomic mass is 10.2. The Morgan fingerprint density at radius 1 is 1.11 bits per heavy atom. The van der Waals surface area contributed by atoms with Gasteiger partial charge in [-0.2, -0.15) is 0 Å². The number of fused-ring (bicyclic) bond motifs is 1. The van der Waals surface area contributed by atoms with Crippen molar-refractivity contribution in [2.75, 3.05) is 16.8 Å². The van der Waals surface area contributed by atoms with Gasteiger partial charge in [0.1, 0.15) is 6.54 Å². The fraction of sp³-hybridized carbons (Fsp3) is 0.286. The first-order valence-electron chi connectivity index (χ1n) is 9.29. The number of carbonyl (C=O) groups excluding carboxylic acids is 1. The van der Waals surface area contributed by atoms with E-state index in [0.717, 1.165) is 12.2 Å². The third-order valence-corrected chi connectivity index (χ3v) is 4.65. The zero-order valence-electron chi connectivity index (χ0n) is 16.2. The van der Waals surface area contributed by atoms with Crippen LogP contribution in [0.25, 0.3) is 10.9 Å². The molecule has 0 bridgehead atoms. The quantitative estimate of drug-likeness (QED) is 0.688. The standard InChI is InChI=1S/C21H24N4O3/c1-4-24(14(2)3)16-11-9-15(10-12-16)22-19(26)13-25-18-8-6-5-7-17(18)20(27)23-21(25)28/h5-12,14H,4,13H2,1-3H3,(H,22,26)(H,23,27,28). The van der Waals surface area contributed by atoms with E-state index in [4.69, 9.17) is 0 Å². The largest absolute Gasteiger partial charge is 0.369 e. The van der Waals surface area contributed by atoms with Gasteiger partial charge in [-0.1, -0.05) is 12.1 Å². The molecule has 28 heavy (non-hydrogen) atoms. The van der Waals surface area contributed by atoms with E-state index in [1.165, 1.54) is 4.57 Å². The number of anilines is 2. The average Bonchev–Trinajstić information content (AvgIpc) is 2.67. The molecular formula is C21H24N4O3. The van der Waals surface area contributed by atoms with E-state index in [1.807, 2.05) is 24.3 Å². The van der Waals surface area contributed by atoms with E-state index in [1.54, 1.807) is 24.3 Å². The number of hydrogen-bond acceptors (Lipinski definition) is 4. The molecule has 0 fully saturated rings. The predicted octanol–water partition coefficient (Wildman–Crippen LogP) is 2.56. The van der Waals surface area contributed by atoms with Crippen LogP contribution in [-0.2, 0) is 11.3 Å². The number of hydrogen-bond donors (Lipinski definition) is 2. The zero-order valence-corrected chi connectivity index (χ0v) is 16.2. The molecule has 2 N–H and O–H groups in total. The highest BCUT2D eigenvalue weighted by Crippen LogP contribution is 2.20. The molecule has 7 heteroatoms. The normalized spacial score (nSPS) is 11.0. The highest BCUT2D eigenvalue weighted by molar-refractivity contribution is 5.91. The second kappa shape index (κ2) is 8.12. The van der Waals surface area contributed by atoms with Crippen LogP contribution in [0.3, 0.4) is 0 Å². The van der Waals surface area contributed by atoms with Crippen molar-refractivity contribution < 1.29 is 4.79 Å². The molecule has 0 spiro atoms. The maximum absolute atomic E-state index is 12.5. The van der Waals surface area contributed by atoms with Gasteiger partial charge in [-0.15, -0.1) is 0 Å². The lowest BCUT2D eigenvalue weighted by Gasteiger charge is -2.27. The van der Waals surface area contributed by atoms with E-state index in [2.05, 4.69) is 36.0 Å². The Morgan fingerprint density at radius 2 is 1.79 bits per heavy atom. The van der Waals surface area contributed by atoms with Crippen molar-refractivity contribution in [3.63, 3.8) is 0 Å². The van der Waals surface area contributed by atoms with Crippen LogP contribution in [0.5, 0.6) is 0 Å². The van der Waals surface area contributed by atoms with Crippen molar-refractivity contribution in [3.05, 3.63) is 69.4 Å². The molecule has 3 rings (SSSR count). The fourth-order valence-electron chi connectivity index (χ4n) is 3.33. The van der Waals surface area contributed by atoms with E-state index >= 15 is 0 Å². The highest BCUT2D eigenvalue weighted by Gasteiger charge is 2.12. The molecule has 0 atom stereocenters. The van der Waals surface area contributed by atoms with E-state index in [-0.39, 0.29) is 12.5 Å². The van der Waals surface area contributed by atoms with Gasteiger partial charge < -0.3 is 10.2 Å². The summed E-state index contributed by atoms with van der Waals surface area (Å²) in [6, 6.07) is 14.7. The van der Waals surface area contributed by atoms with Gasteiger partial charge in [0.05, 0.1) is 10.9 Å². The van der Waals surface area contributed by atoms with Crippen LogP contribution in [0.15, 0.2) is 58.1 Å². The third kappa shape index (κ3) is 3.98. The lowest BCUT2D eigenvalue weighted by Crippen LogP contribution is -2.34. The summed E-state index contributed by atoms with van der Waals surface area (Å²) in [6.45, 7) is 7.06. The minimum Gasteiger partial charge on any atom is -0.369 e. The van der Waals surface area contributed by atoms with Crippen LogP contribution in [-0.4, -0.2) is 28.0 Å². The van der Waals surface area contributed by atoms with Crippen molar-refractivity contribution in [2.24, 2.45) is 0 Å². The molecule has 0 aliphatic carbocycles. The number of rotatable bonds is 6. The number of H-pyrrole nitrogens is 1. The molecule has 146 valence electrons. The Kier molecular flexibility index (Phi) is 5.63. The van der Waals surface area contributed by atoms with Gasteiger partial charge in [-0.05, 0) is 57.2 Å². The minimum absolute atomic E-state index is 0.190. The highest BCUT2D eigenvalue weighted by atomic mass is 16.2. The lowest BCUT2D eigenvalue weighted by molar-refractivity contribution is -0.116. The summed E-state index contributed by atoms with van der Waals surface area (Å²) in [4.78, 5) is 41.1. The maximum atomic E-state index is 12.5. The third-order valence-electron chi connectivity index (χ3n) is 4.65. The van der Waals surface area contributed by atoms with Crippen LogP contribution in [0, 0.1) is 0 Å². The van der Waals surface area contributed by atoms with Crippen molar-refractivity contribution >= 4 is 28.2 Å². The van der Waals surface area contributed by atoms with Crippen LogP contribution in [0.2, 0.25) is 0 Å². The Morgan fingerprint density at radius 3 is 2.43 bits per heavy atom. The van der Waals surface area contributed by atoms with Gasteiger partial charge in [0.15, 0.2) is 0 Å². The van der Waals surface area contributed by atoms with Crippen LogP contribution in [0.4, 0.5) is 11.4 Å². The van der Waals surface area contributed by atoms with Crippen molar-refractivity contribution in [1.29, 1.82) is 0 Å². The van der Waals surface area contributed by atoms with Gasteiger partial charge in [-0.3, -0.25) is 19.1 Å². The SMILES string of the molecule is CCN(c1ccc(NC(=O)Cn2c(=O)[nH]c(=O)c3ccccc32)cc1)C(C)C. The summed E-state index contributed by atoms with van der Waals surface area (Å²) < 4.78 is 1.26. The molecule has 0 radical (unpaired) electrons. The first kappa shape index (κ1) is 19.4. The second-order valence-corrected chi connectivity index (χ2v) is 6.84. The number of aromatic nitrogens is 2. The number of nitrogens with one attached hydrogen (secondary N) is 2. The van der Waals surface area contributed by atoms with Gasteiger partial charge in [0, 0.05) is 24.0 Å². The van der Waals surface area contributed by atoms with Gasteiger partial charge >= 0.3 is 5.69 Å². The topological polar surface area (TPSA) is 87.2 Å². The first-order valence-corrected chi connectivity index (χ1v) is 9.29. The molecule has 1 heterocycles. The number of aromatic amines is 1. The zero-order chi connectivity index (χ0) is 20.3. The molecule has 1 aromatic heterocycles. The predicted molar refractivity (Wildman–Crippen MR) is 112 cm³/mol. The Balaban J connectivity index is 1.79. The van der Waals surface area contributed by atoms with Crippen LogP contribution < -0.4 is 21.5 Å². The minimum atomic E-state index is -0.607. The second-order valence-electron chi connectivity index (χ2n) is 6.84. The molecule has 0 unspecified atom stereocenters. The molecule has 3 aromatic rings. The molecule has 1 amide bonds. The Labute approximate surface area is 162 Å². The molecule has 0 aliphatic rings. The Bertz CT molecular complexity index is 1100. The summed E-state index contributed by atoms with van der Waals surface area (Å²) in [6.07, 6.45) is 0. The summed E-state index contributed by atoms with van der Waals surface area (Å²) in [5.41, 5.74) is 1.09. The monoisotopic (exact) mass is 380 g/mol. The molecule has 2 aromatic carbocycles. The van der Waals surface area contributed by atoms with Crippen molar-refractivity contribution in [1.82, 2.24) is 9.55 Å². The van der Waals surface area contributed by atoms with Gasteiger partial charge in [0.25, 0.3) is 5.56 Å². The number of carbonyl (C=O) groups is 1. The van der Waals surface area contributed by atoms with E-state index < -0.39 is 11.2 Å². The van der Waals surface area contributed by atoms with Gasteiger partial charge in [0.2, 0.25) is 5.91 Å². The average molecular weight is 380 g/mol. The summed E-state index contributed by atoms with van der Waals surface area (Å²) in [7, 11) is 0. The first-order chi connectivity index (χ1) is 13.4. The van der Waals surface area contributed by atoms with Gasteiger partial charge in [-0.25, -0.2) is 4.79 Å². The summed E-state index contributed by atoms with van der Waals surface area (Å²) in [5, 5.41) is 3.17. The molecular weight excluding hydrogens is 356 g/mol. The molecule has 7 nitrogen and oxygen atoms in total. The number of benzene rings is 2. The molecule has 0 saturated heterocycles. The molecule has 0 saturated carbocycles. The maximum Gasteiger partial charge on any atom is 0.329 e. The number of nitrogens with zero attached hydrogens (tertiary/aromatic N) is 2. The van der Waals surface area contributed by atoms with Crippen molar-refractivity contribution in [3.8, 4) is 0 Å². The Hall–Kier alpha value is -3.35.